The Hall–Kier alpha value is -4.69. The van der Waals surface area contributed by atoms with Crippen molar-refractivity contribution in [1.82, 2.24) is 9.55 Å². The SMILES string of the molecule is CN(CC1CCCCN1c1ccc(OCC(O)CCn2cc([N+](=O)[O-])nc2Cl)cc1)c1ccc(OCc2ccc(OC(F)(F)F)cc2)cc1. The van der Waals surface area contributed by atoms with E-state index in [1.807, 2.05) is 48.5 Å². The van der Waals surface area contributed by atoms with Crippen molar-refractivity contribution in [2.45, 2.75) is 57.3 Å². The van der Waals surface area contributed by atoms with E-state index in [-0.39, 0.29) is 43.0 Å². The zero-order valence-corrected chi connectivity index (χ0v) is 27.5. The van der Waals surface area contributed by atoms with Crippen LogP contribution in [0.1, 0.15) is 31.2 Å². The number of aryl methyl sites for hydroxylation is 1. The third kappa shape index (κ3) is 10.4. The number of aliphatic hydroxyl groups excluding tert-OH is 1. The van der Waals surface area contributed by atoms with Crippen LogP contribution in [0.5, 0.6) is 17.2 Å². The number of hydrogen-bond acceptors (Lipinski definition) is 9. The lowest BCUT2D eigenvalue weighted by Crippen LogP contribution is -2.46. The molecule has 2 unspecified atom stereocenters. The van der Waals surface area contributed by atoms with Crippen LogP contribution in [0.25, 0.3) is 0 Å². The first-order valence-corrected chi connectivity index (χ1v) is 16.1. The molecular weight excluding hydrogens is 667 g/mol. The molecule has 11 nitrogen and oxygen atoms in total. The summed E-state index contributed by atoms with van der Waals surface area (Å²) in [6, 6.07) is 21.4. The summed E-state index contributed by atoms with van der Waals surface area (Å²) < 4.78 is 54.1. The smallest absolute Gasteiger partial charge is 0.491 e. The van der Waals surface area contributed by atoms with Crippen molar-refractivity contribution in [3.05, 3.63) is 100.0 Å². The van der Waals surface area contributed by atoms with Crippen LogP contribution in [0.3, 0.4) is 0 Å². The Morgan fingerprint density at radius 1 is 1.02 bits per heavy atom. The second kappa shape index (κ2) is 16.1. The van der Waals surface area contributed by atoms with Gasteiger partial charge in [-0.25, -0.2) is 0 Å². The summed E-state index contributed by atoms with van der Waals surface area (Å²) in [4.78, 5) is 18.6. The van der Waals surface area contributed by atoms with Gasteiger partial charge in [0.15, 0.2) is 0 Å². The monoisotopic (exact) mass is 703 g/mol. The lowest BCUT2D eigenvalue weighted by atomic mass is 10.0. The fraction of sp³-hybridized carbons (Fsp3) is 0.382. The topological polar surface area (TPSA) is 115 Å². The molecule has 0 radical (unpaired) electrons. The van der Waals surface area contributed by atoms with Crippen LogP contribution >= 0.6 is 11.6 Å². The van der Waals surface area contributed by atoms with Crippen LogP contribution in [0.2, 0.25) is 5.28 Å². The Morgan fingerprint density at radius 2 is 1.67 bits per heavy atom. The molecule has 15 heteroatoms. The highest BCUT2D eigenvalue weighted by atomic mass is 35.5. The average molecular weight is 704 g/mol. The fourth-order valence-electron chi connectivity index (χ4n) is 5.63. The van der Waals surface area contributed by atoms with E-state index in [0.717, 1.165) is 43.7 Å². The van der Waals surface area contributed by atoms with E-state index in [1.54, 1.807) is 0 Å². The van der Waals surface area contributed by atoms with E-state index in [0.29, 0.717) is 23.1 Å². The predicted molar refractivity (Wildman–Crippen MR) is 179 cm³/mol. The van der Waals surface area contributed by atoms with E-state index in [1.165, 1.54) is 35.0 Å². The third-order valence-corrected chi connectivity index (χ3v) is 8.47. The molecule has 262 valence electrons. The third-order valence-electron chi connectivity index (χ3n) is 8.17. The van der Waals surface area contributed by atoms with Crippen LogP contribution in [0.4, 0.5) is 30.4 Å². The van der Waals surface area contributed by atoms with E-state index >= 15 is 0 Å². The van der Waals surface area contributed by atoms with Gasteiger partial charge < -0.3 is 39.2 Å². The molecule has 1 fully saturated rings. The molecule has 1 aliphatic rings. The molecule has 4 aromatic rings. The van der Waals surface area contributed by atoms with Crippen molar-refractivity contribution in [3.8, 4) is 17.2 Å². The van der Waals surface area contributed by atoms with Gasteiger partial charge in [-0.2, -0.15) is 0 Å². The molecule has 1 saturated heterocycles. The molecule has 1 aromatic heterocycles. The number of ether oxygens (including phenoxy) is 3. The first-order chi connectivity index (χ1) is 23.4. The molecule has 1 N–H and O–H groups in total. The van der Waals surface area contributed by atoms with E-state index < -0.39 is 17.4 Å². The molecule has 5 rings (SSSR count). The molecule has 49 heavy (non-hydrogen) atoms. The Labute approximate surface area is 286 Å². The number of alkyl halides is 3. The van der Waals surface area contributed by atoms with Crippen molar-refractivity contribution < 1.29 is 37.4 Å². The maximum absolute atomic E-state index is 12.4. The number of piperidine rings is 1. The van der Waals surface area contributed by atoms with Crippen molar-refractivity contribution in [1.29, 1.82) is 0 Å². The number of benzene rings is 3. The predicted octanol–water partition coefficient (Wildman–Crippen LogP) is 7.25. The van der Waals surface area contributed by atoms with Gasteiger partial charge in [0.25, 0.3) is 0 Å². The highest BCUT2D eigenvalue weighted by Crippen LogP contribution is 2.29. The van der Waals surface area contributed by atoms with E-state index in [2.05, 4.69) is 26.6 Å². The molecule has 0 aliphatic carbocycles. The van der Waals surface area contributed by atoms with Crippen LogP contribution in [0, 0.1) is 10.1 Å². The van der Waals surface area contributed by atoms with E-state index in [9.17, 15) is 28.4 Å². The van der Waals surface area contributed by atoms with Crippen LogP contribution in [0.15, 0.2) is 79.0 Å². The molecule has 0 amide bonds. The largest absolute Gasteiger partial charge is 0.573 e. The second-order valence-corrected chi connectivity index (χ2v) is 12.1. The highest BCUT2D eigenvalue weighted by molar-refractivity contribution is 6.28. The normalized spacial score (nSPS) is 15.5. The summed E-state index contributed by atoms with van der Waals surface area (Å²) in [5.74, 6) is 0.657. The number of rotatable bonds is 15. The fourth-order valence-corrected chi connectivity index (χ4v) is 5.85. The van der Waals surface area contributed by atoms with Gasteiger partial charge in [-0.15, -0.1) is 13.2 Å². The minimum absolute atomic E-state index is 0.00764. The molecular formula is C34H37ClF3N5O6. The number of imidazole rings is 1. The van der Waals surface area contributed by atoms with Crippen molar-refractivity contribution >= 4 is 28.8 Å². The van der Waals surface area contributed by atoms with Gasteiger partial charge in [-0.05, 0) is 113 Å². The van der Waals surface area contributed by atoms with Crippen LogP contribution in [-0.2, 0) is 13.2 Å². The van der Waals surface area contributed by atoms with Gasteiger partial charge in [0, 0.05) is 44.1 Å². The number of anilines is 2. The summed E-state index contributed by atoms with van der Waals surface area (Å²) in [7, 11) is 2.05. The second-order valence-electron chi connectivity index (χ2n) is 11.8. The first kappa shape index (κ1) is 35.6. The maximum Gasteiger partial charge on any atom is 0.573 e. The van der Waals surface area contributed by atoms with E-state index in [4.69, 9.17) is 21.1 Å². The Bertz CT molecular complexity index is 1660. The zero-order valence-electron chi connectivity index (χ0n) is 26.8. The number of hydrogen-bond donors (Lipinski definition) is 1. The molecule has 0 spiro atoms. The molecule has 2 heterocycles. The maximum atomic E-state index is 12.4. The molecule has 0 bridgehead atoms. The number of aromatic nitrogens is 2. The van der Waals surface area contributed by atoms with Crippen molar-refractivity contribution in [3.63, 3.8) is 0 Å². The first-order valence-electron chi connectivity index (χ1n) is 15.8. The van der Waals surface area contributed by atoms with Gasteiger partial charge in [-0.3, -0.25) is 4.57 Å². The van der Waals surface area contributed by atoms with Gasteiger partial charge in [-0.1, -0.05) is 12.1 Å². The Morgan fingerprint density at radius 3 is 2.33 bits per heavy atom. The van der Waals surface area contributed by atoms with Gasteiger partial charge in [0.1, 0.15) is 36.7 Å². The molecule has 2 atom stereocenters. The Kier molecular flexibility index (Phi) is 11.7. The highest BCUT2D eigenvalue weighted by Gasteiger charge is 2.31. The number of halogens is 4. The minimum Gasteiger partial charge on any atom is -0.491 e. The molecule has 1 aliphatic heterocycles. The molecule has 0 saturated carbocycles. The Balaban J connectivity index is 1.08. The molecule has 3 aromatic carbocycles. The number of aliphatic hydroxyl groups is 1. The van der Waals surface area contributed by atoms with Gasteiger partial charge in [0.05, 0.1) is 6.10 Å². The average Bonchev–Trinajstić information content (AvgIpc) is 3.46. The van der Waals surface area contributed by atoms with Crippen LogP contribution in [-0.4, -0.2) is 64.8 Å². The lowest BCUT2D eigenvalue weighted by molar-refractivity contribution is -0.389. The zero-order chi connectivity index (χ0) is 35.0. The summed E-state index contributed by atoms with van der Waals surface area (Å²) >= 11 is 5.94. The minimum atomic E-state index is -4.73. The summed E-state index contributed by atoms with van der Waals surface area (Å²) in [6.45, 7) is 2.27. The summed E-state index contributed by atoms with van der Waals surface area (Å²) in [6.07, 6.45) is -0.723. The quantitative estimate of drug-likeness (QED) is 0.101. The summed E-state index contributed by atoms with van der Waals surface area (Å²) in [5.41, 5.74) is 2.83. The van der Waals surface area contributed by atoms with Gasteiger partial charge >= 0.3 is 17.5 Å². The number of nitro groups is 1. The van der Waals surface area contributed by atoms with Crippen molar-refractivity contribution in [2.24, 2.45) is 0 Å². The number of nitrogens with zero attached hydrogens (tertiary/aromatic N) is 5. The standard InChI is InChI=1S/C34H37ClF3N5O6/c1-40(25-7-13-29(14-8-25)47-22-24-5-11-31(12-6-24)49-34(36,37)38)20-27-4-2-3-18-42(27)26-9-15-30(16-10-26)48-23-28(44)17-19-41-21-32(43(45)46)39-33(41)35/h5-16,21,27-28,44H,2-4,17-20,22-23H2,1H3. The number of likely N-dealkylation sites (N-methyl/N-ethyl adjacent to an activating group) is 1. The summed E-state index contributed by atoms with van der Waals surface area (Å²) in [5, 5.41) is 21.3. The van der Waals surface area contributed by atoms with Gasteiger partial charge in [0.2, 0.25) is 0 Å². The lowest BCUT2D eigenvalue weighted by Gasteiger charge is -2.40. The van der Waals surface area contributed by atoms with Crippen LogP contribution < -0.4 is 24.0 Å². The van der Waals surface area contributed by atoms with Crippen molar-refractivity contribution in [2.75, 3.05) is 36.5 Å².